The molecule has 1 N–H and O–H groups in total. The summed E-state index contributed by atoms with van der Waals surface area (Å²) in [6, 6.07) is 10.4. The number of hydrazine groups is 1. The zero-order chi connectivity index (χ0) is 14.4. The summed E-state index contributed by atoms with van der Waals surface area (Å²) in [5.41, 5.74) is 4.46. The molecule has 0 spiro atoms. The minimum Gasteiger partial charge on any atom is -0.446 e. The predicted molar refractivity (Wildman–Crippen MR) is 79.7 cm³/mol. The lowest BCUT2D eigenvalue weighted by Gasteiger charge is -2.27. The standard InChI is InChI=1S/C15H21ClN2O2/c1-2-13(8-9-16)17-18-14(11-20-15(18)19)10-12-6-4-3-5-7-12/h3-7,13-14,17H,2,8-11H2,1H3/t13-,14+/m1/s1. The molecule has 110 valence electrons. The quantitative estimate of drug-likeness (QED) is 0.787. The Hall–Kier alpha value is -1.26. The van der Waals surface area contributed by atoms with Crippen molar-refractivity contribution in [1.82, 2.24) is 10.4 Å². The molecule has 5 heteroatoms. The topological polar surface area (TPSA) is 41.6 Å². The molecule has 1 heterocycles. The first-order chi connectivity index (χ1) is 9.74. The van der Waals surface area contributed by atoms with Crippen LogP contribution in [0.1, 0.15) is 25.3 Å². The van der Waals surface area contributed by atoms with E-state index in [1.807, 2.05) is 18.2 Å². The maximum Gasteiger partial charge on any atom is 0.424 e. The second-order valence-corrected chi connectivity index (χ2v) is 5.38. The number of benzene rings is 1. The summed E-state index contributed by atoms with van der Waals surface area (Å²) in [6.07, 6.45) is 2.25. The Labute approximate surface area is 125 Å². The molecule has 4 nitrogen and oxygen atoms in total. The molecule has 2 rings (SSSR count). The fourth-order valence-electron chi connectivity index (χ4n) is 2.34. The molecule has 0 saturated carbocycles. The van der Waals surface area contributed by atoms with Crippen LogP contribution in [0.5, 0.6) is 0 Å². The highest BCUT2D eigenvalue weighted by Gasteiger charge is 2.34. The van der Waals surface area contributed by atoms with Crippen LogP contribution in [-0.2, 0) is 11.2 Å². The first kappa shape index (κ1) is 15.1. The van der Waals surface area contributed by atoms with Crippen LogP contribution in [0.2, 0.25) is 0 Å². The van der Waals surface area contributed by atoms with Crippen LogP contribution in [0, 0.1) is 0 Å². The van der Waals surface area contributed by atoms with Crippen LogP contribution in [0.3, 0.4) is 0 Å². The van der Waals surface area contributed by atoms with E-state index in [0.717, 1.165) is 19.3 Å². The molecule has 2 atom stereocenters. The third-order valence-corrected chi connectivity index (χ3v) is 3.77. The van der Waals surface area contributed by atoms with E-state index in [1.165, 1.54) is 5.56 Å². The Bertz CT molecular complexity index is 427. The molecule has 20 heavy (non-hydrogen) atoms. The number of nitrogens with zero attached hydrogens (tertiary/aromatic N) is 1. The zero-order valence-corrected chi connectivity index (χ0v) is 12.5. The number of hydrogen-bond donors (Lipinski definition) is 1. The fourth-order valence-corrected chi connectivity index (χ4v) is 2.61. The third kappa shape index (κ3) is 3.87. The molecule has 1 aliphatic heterocycles. The minimum absolute atomic E-state index is 0.0364. The van der Waals surface area contributed by atoms with E-state index in [9.17, 15) is 4.79 Å². The van der Waals surface area contributed by atoms with Crippen LogP contribution < -0.4 is 5.43 Å². The van der Waals surface area contributed by atoms with E-state index >= 15 is 0 Å². The minimum atomic E-state index is -0.293. The summed E-state index contributed by atoms with van der Waals surface area (Å²) in [6.45, 7) is 2.51. The molecule has 1 saturated heterocycles. The van der Waals surface area contributed by atoms with E-state index in [-0.39, 0.29) is 18.2 Å². The van der Waals surface area contributed by atoms with Gasteiger partial charge in [0.05, 0.1) is 6.04 Å². The molecule has 1 aromatic carbocycles. The van der Waals surface area contributed by atoms with Gasteiger partial charge in [-0.3, -0.25) is 0 Å². The SMILES string of the molecule is CC[C@H](CCCl)NN1C(=O)OC[C@@H]1Cc1ccccc1. The molecular weight excluding hydrogens is 276 g/mol. The third-order valence-electron chi connectivity index (χ3n) is 3.55. The number of halogens is 1. The van der Waals surface area contributed by atoms with Crippen molar-refractivity contribution >= 4 is 17.7 Å². The van der Waals surface area contributed by atoms with E-state index in [4.69, 9.17) is 16.3 Å². The van der Waals surface area contributed by atoms with Gasteiger partial charge in [0, 0.05) is 11.9 Å². The van der Waals surface area contributed by atoms with Gasteiger partial charge in [0.2, 0.25) is 0 Å². The largest absolute Gasteiger partial charge is 0.446 e. The van der Waals surface area contributed by atoms with Gasteiger partial charge < -0.3 is 4.74 Å². The number of rotatable bonds is 7. The highest BCUT2D eigenvalue weighted by Crippen LogP contribution is 2.16. The second kappa shape index (κ2) is 7.50. The molecule has 1 fully saturated rings. The van der Waals surface area contributed by atoms with Crippen LogP contribution in [0.25, 0.3) is 0 Å². The van der Waals surface area contributed by atoms with E-state index in [1.54, 1.807) is 5.01 Å². The van der Waals surface area contributed by atoms with Gasteiger partial charge in [-0.15, -0.1) is 11.6 Å². The van der Waals surface area contributed by atoms with E-state index in [2.05, 4.69) is 24.5 Å². The maximum absolute atomic E-state index is 11.8. The van der Waals surface area contributed by atoms with Crippen molar-refractivity contribution < 1.29 is 9.53 Å². The number of carbonyl (C=O) groups excluding carboxylic acids is 1. The van der Waals surface area contributed by atoms with Gasteiger partial charge >= 0.3 is 6.09 Å². The van der Waals surface area contributed by atoms with Gasteiger partial charge in [0.25, 0.3) is 0 Å². The van der Waals surface area contributed by atoms with Crippen LogP contribution >= 0.6 is 11.6 Å². The molecule has 0 bridgehead atoms. The van der Waals surface area contributed by atoms with Crippen molar-refractivity contribution in [3.8, 4) is 0 Å². The normalized spacial score (nSPS) is 20.0. The summed E-state index contributed by atoms with van der Waals surface area (Å²) in [4.78, 5) is 11.8. The number of nitrogens with one attached hydrogen (secondary N) is 1. The second-order valence-electron chi connectivity index (χ2n) is 5.00. The van der Waals surface area contributed by atoms with Crippen molar-refractivity contribution in [2.45, 2.75) is 38.3 Å². The molecule has 0 radical (unpaired) electrons. The van der Waals surface area contributed by atoms with Crippen molar-refractivity contribution in [3.63, 3.8) is 0 Å². The molecular formula is C15H21ClN2O2. The van der Waals surface area contributed by atoms with Crippen molar-refractivity contribution in [3.05, 3.63) is 35.9 Å². The summed E-state index contributed by atoms with van der Waals surface area (Å²) >= 11 is 5.79. The van der Waals surface area contributed by atoms with Gasteiger partial charge in [0.1, 0.15) is 6.61 Å². The van der Waals surface area contributed by atoms with Crippen molar-refractivity contribution in [1.29, 1.82) is 0 Å². The molecule has 1 aromatic rings. The van der Waals surface area contributed by atoms with Gasteiger partial charge in [0.15, 0.2) is 0 Å². The number of cyclic esters (lactones) is 1. The highest BCUT2D eigenvalue weighted by atomic mass is 35.5. The summed E-state index contributed by atoms with van der Waals surface area (Å²) in [7, 11) is 0. The zero-order valence-electron chi connectivity index (χ0n) is 11.7. The summed E-state index contributed by atoms with van der Waals surface area (Å²) < 4.78 is 5.17. The Morgan fingerprint density at radius 3 is 2.85 bits per heavy atom. The Morgan fingerprint density at radius 1 is 1.45 bits per heavy atom. The molecule has 0 unspecified atom stereocenters. The number of amides is 1. The predicted octanol–water partition coefficient (Wildman–Crippen LogP) is 2.96. The lowest BCUT2D eigenvalue weighted by Crippen LogP contribution is -2.50. The van der Waals surface area contributed by atoms with Crippen LogP contribution in [-0.4, -0.2) is 35.7 Å². The monoisotopic (exact) mass is 296 g/mol. The molecule has 1 amide bonds. The van der Waals surface area contributed by atoms with E-state index < -0.39 is 0 Å². The molecule has 0 aromatic heterocycles. The fraction of sp³-hybridized carbons (Fsp3) is 0.533. The van der Waals surface area contributed by atoms with Crippen LogP contribution in [0.4, 0.5) is 4.79 Å². The smallest absolute Gasteiger partial charge is 0.424 e. The highest BCUT2D eigenvalue weighted by molar-refractivity contribution is 6.17. The van der Waals surface area contributed by atoms with Crippen molar-refractivity contribution in [2.24, 2.45) is 0 Å². The van der Waals surface area contributed by atoms with E-state index in [0.29, 0.717) is 12.5 Å². The van der Waals surface area contributed by atoms with Gasteiger partial charge in [-0.25, -0.2) is 15.2 Å². The summed E-state index contributed by atoms with van der Waals surface area (Å²) in [5, 5.41) is 1.63. The molecule has 1 aliphatic rings. The Morgan fingerprint density at radius 2 is 2.20 bits per heavy atom. The lowest BCUT2D eigenvalue weighted by atomic mass is 10.1. The lowest BCUT2D eigenvalue weighted by molar-refractivity contribution is 0.129. The number of carbonyl (C=O) groups is 1. The first-order valence-corrected chi connectivity index (χ1v) is 7.60. The maximum atomic E-state index is 11.8. The van der Waals surface area contributed by atoms with Crippen LogP contribution in [0.15, 0.2) is 30.3 Å². The average molecular weight is 297 g/mol. The number of hydrogen-bond acceptors (Lipinski definition) is 3. The summed E-state index contributed by atoms with van der Waals surface area (Å²) in [5.74, 6) is 0.581. The Kier molecular flexibility index (Phi) is 5.68. The van der Waals surface area contributed by atoms with Gasteiger partial charge in [-0.2, -0.15) is 0 Å². The van der Waals surface area contributed by atoms with Crippen molar-refractivity contribution in [2.75, 3.05) is 12.5 Å². The number of ether oxygens (including phenoxy) is 1. The Balaban J connectivity index is 1.99. The van der Waals surface area contributed by atoms with Gasteiger partial charge in [-0.05, 0) is 24.8 Å². The first-order valence-electron chi connectivity index (χ1n) is 7.06. The van der Waals surface area contributed by atoms with Gasteiger partial charge in [-0.1, -0.05) is 37.3 Å². The molecule has 0 aliphatic carbocycles. The number of alkyl halides is 1. The average Bonchev–Trinajstić information content (AvgIpc) is 2.80.